The van der Waals surface area contributed by atoms with E-state index in [0.29, 0.717) is 5.75 Å². The standard InChI is InChI=1S/C27H33N3O13S/c1-12(32)28-18-21(19(33)17(11-31)40-26(18)36)42-27-20(34)22-23(41-22)24(43-27)25(35)29-13-8-9-15(30-44(2,37)38)16(10-13)39-14-6-4-3-5-7-14/h3-10,17-24,26-27,30-31,33-34,36H,11H2,1-2H3,(H,28,32)(H,29,35). The van der Waals surface area contributed by atoms with Gasteiger partial charge in [-0.2, -0.15) is 0 Å². The molecule has 10 unspecified atom stereocenters. The predicted octanol–water partition coefficient (Wildman–Crippen LogP) is -1.40. The van der Waals surface area contributed by atoms with Crippen LogP contribution >= 0.6 is 0 Å². The molecule has 16 nitrogen and oxygen atoms in total. The van der Waals surface area contributed by atoms with Crippen LogP contribution in [0.15, 0.2) is 48.5 Å². The van der Waals surface area contributed by atoms with Gasteiger partial charge in [-0.1, -0.05) is 18.2 Å². The van der Waals surface area contributed by atoms with Gasteiger partial charge < -0.3 is 54.7 Å². The number of para-hydroxylation sites is 1. The molecule has 3 heterocycles. The van der Waals surface area contributed by atoms with E-state index in [1.54, 1.807) is 30.3 Å². The number of sulfonamides is 1. The molecule has 0 spiro atoms. The first-order chi connectivity index (χ1) is 20.8. The second kappa shape index (κ2) is 12.9. The highest BCUT2D eigenvalue weighted by atomic mass is 32.2. The number of benzene rings is 2. The minimum atomic E-state index is -3.66. The first-order valence-electron chi connectivity index (χ1n) is 13.5. The second-order valence-corrected chi connectivity index (χ2v) is 12.3. The number of nitrogens with one attached hydrogen (secondary N) is 3. The van der Waals surface area contributed by atoms with Gasteiger partial charge in [-0.3, -0.25) is 14.3 Å². The highest BCUT2D eigenvalue weighted by Crippen LogP contribution is 2.40. The van der Waals surface area contributed by atoms with Crippen molar-refractivity contribution >= 4 is 33.2 Å². The maximum atomic E-state index is 13.4. The van der Waals surface area contributed by atoms with Crippen LogP contribution in [0.3, 0.4) is 0 Å². The summed E-state index contributed by atoms with van der Waals surface area (Å²) in [5.74, 6) is -0.780. The average molecular weight is 640 g/mol. The molecule has 2 aromatic carbocycles. The van der Waals surface area contributed by atoms with Gasteiger partial charge in [0.15, 0.2) is 24.4 Å². The number of rotatable bonds is 10. The molecule has 7 N–H and O–H groups in total. The van der Waals surface area contributed by atoms with Crippen molar-refractivity contribution < 1.29 is 62.1 Å². The third kappa shape index (κ3) is 7.28. The molecule has 0 saturated carbocycles. The van der Waals surface area contributed by atoms with E-state index < -0.39 is 89.8 Å². The summed E-state index contributed by atoms with van der Waals surface area (Å²) in [6, 6.07) is 11.5. The third-order valence-electron chi connectivity index (χ3n) is 7.06. The van der Waals surface area contributed by atoms with Gasteiger partial charge in [-0.15, -0.1) is 0 Å². The van der Waals surface area contributed by atoms with Gasteiger partial charge in [0.2, 0.25) is 15.9 Å². The smallest absolute Gasteiger partial charge is 0.256 e. The molecule has 3 saturated heterocycles. The van der Waals surface area contributed by atoms with E-state index in [-0.39, 0.29) is 17.1 Å². The van der Waals surface area contributed by atoms with Crippen molar-refractivity contribution in [2.75, 3.05) is 22.9 Å². The van der Waals surface area contributed by atoms with Crippen LogP contribution in [-0.2, 0) is 38.6 Å². The lowest BCUT2D eigenvalue weighted by molar-refractivity contribution is -0.309. The first kappa shape index (κ1) is 32.0. The monoisotopic (exact) mass is 639 g/mol. The quantitative estimate of drug-likeness (QED) is 0.148. The van der Waals surface area contributed by atoms with Crippen LogP contribution in [0.2, 0.25) is 0 Å². The Kier molecular flexibility index (Phi) is 9.40. The second-order valence-electron chi connectivity index (χ2n) is 10.5. The van der Waals surface area contributed by atoms with Crippen LogP contribution in [-0.4, -0.2) is 115 Å². The van der Waals surface area contributed by atoms with Crippen LogP contribution < -0.4 is 20.1 Å². The maximum absolute atomic E-state index is 13.4. The minimum absolute atomic E-state index is 0.0932. The largest absolute Gasteiger partial charge is 0.455 e. The summed E-state index contributed by atoms with van der Waals surface area (Å²) >= 11 is 0. The van der Waals surface area contributed by atoms with Crippen molar-refractivity contribution in [3.63, 3.8) is 0 Å². The number of epoxide rings is 1. The Morgan fingerprint density at radius 1 is 0.977 bits per heavy atom. The molecule has 2 amide bonds. The van der Waals surface area contributed by atoms with Crippen molar-refractivity contribution in [3.05, 3.63) is 48.5 Å². The SMILES string of the molecule is CC(=O)NC1C(O)OC(CO)C(O)C1OC1OC(C(=O)Nc2ccc(NS(C)(=O)=O)c(Oc3ccccc3)c2)C2OC2C1O. The Hall–Kier alpha value is -3.39. The number of hydrogen-bond acceptors (Lipinski definition) is 13. The Morgan fingerprint density at radius 3 is 2.36 bits per heavy atom. The van der Waals surface area contributed by atoms with Crippen LogP contribution in [0.5, 0.6) is 11.5 Å². The Morgan fingerprint density at radius 2 is 1.70 bits per heavy atom. The number of carbonyl (C=O) groups is 2. The summed E-state index contributed by atoms with van der Waals surface area (Å²) < 4.78 is 54.2. The van der Waals surface area contributed by atoms with E-state index in [0.717, 1.165) is 6.26 Å². The molecule has 0 bridgehead atoms. The molecule has 3 aliphatic rings. The topological polar surface area (TPSA) is 235 Å². The summed E-state index contributed by atoms with van der Waals surface area (Å²) in [6.07, 6.45) is -10.9. The normalized spacial score (nSPS) is 33.0. The molecule has 17 heteroatoms. The van der Waals surface area contributed by atoms with Gasteiger partial charge in [0.1, 0.15) is 48.4 Å². The van der Waals surface area contributed by atoms with Crippen molar-refractivity contribution in [3.8, 4) is 11.5 Å². The molecule has 0 radical (unpaired) electrons. The summed E-state index contributed by atoms with van der Waals surface area (Å²) in [6.45, 7) is 0.482. The predicted molar refractivity (Wildman–Crippen MR) is 150 cm³/mol. The molecular formula is C27H33N3O13S. The maximum Gasteiger partial charge on any atom is 0.256 e. The summed E-state index contributed by atoms with van der Waals surface area (Å²) in [4.78, 5) is 25.1. The zero-order chi connectivity index (χ0) is 31.8. The summed E-state index contributed by atoms with van der Waals surface area (Å²) in [7, 11) is -3.66. The zero-order valence-corrected chi connectivity index (χ0v) is 24.3. The van der Waals surface area contributed by atoms with Gasteiger partial charge in [0.05, 0.1) is 18.6 Å². The number of amides is 2. The van der Waals surface area contributed by atoms with Crippen LogP contribution in [0.25, 0.3) is 0 Å². The van der Waals surface area contributed by atoms with E-state index in [1.165, 1.54) is 25.1 Å². The van der Waals surface area contributed by atoms with E-state index >= 15 is 0 Å². The van der Waals surface area contributed by atoms with E-state index in [1.807, 2.05) is 0 Å². The van der Waals surface area contributed by atoms with E-state index in [2.05, 4.69) is 15.4 Å². The molecular weight excluding hydrogens is 606 g/mol. The van der Waals surface area contributed by atoms with Crippen molar-refractivity contribution in [1.29, 1.82) is 0 Å². The fourth-order valence-corrected chi connectivity index (χ4v) is 5.59. The fourth-order valence-electron chi connectivity index (χ4n) is 5.02. The van der Waals surface area contributed by atoms with Gasteiger partial charge in [0.25, 0.3) is 5.91 Å². The van der Waals surface area contributed by atoms with E-state index in [4.69, 9.17) is 23.7 Å². The molecule has 5 rings (SSSR count). The number of fused-ring (bicyclic) bond motifs is 1. The molecule has 0 aliphatic carbocycles. The third-order valence-corrected chi connectivity index (χ3v) is 7.65. The average Bonchev–Trinajstić information content (AvgIpc) is 3.76. The lowest BCUT2D eigenvalue weighted by atomic mass is 9.96. The molecule has 2 aromatic rings. The molecule has 3 aliphatic heterocycles. The lowest BCUT2D eigenvalue weighted by Crippen LogP contribution is -2.66. The zero-order valence-electron chi connectivity index (χ0n) is 23.5. The number of ether oxygens (including phenoxy) is 5. The number of aliphatic hydroxyl groups is 4. The van der Waals surface area contributed by atoms with Gasteiger partial charge in [-0.25, -0.2) is 8.42 Å². The van der Waals surface area contributed by atoms with Gasteiger partial charge in [-0.05, 0) is 24.3 Å². The molecule has 240 valence electrons. The number of carbonyl (C=O) groups excluding carboxylic acids is 2. The van der Waals surface area contributed by atoms with Gasteiger partial charge >= 0.3 is 0 Å². The summed E-state index contributed by atoms with van der Waals surface area (Å²) in [5, 5.41) is 46.5. The Labute approximate surface area is 251 Å². The van der Waals surface area contributed by atoms with Crippen LogP contribution in [0.1, 0.15) is 6.92 Å². The highest BCUT2D eigenvalue weighted by molar-refractivity contribution is 7.92. The fraction of sp³-hybridized carbons (Fsp3) is 0.481. The number of anilines is 2. The van der Waals surface area contributed by atoms with E-state index in [9.17, 15) is 38.4 Å². The number of aliphatic hydroxyl groups excluding tert-OH is 4. The molecule has 10 atom stereocenters. The van der Waals surface area contributed by atoms with Crippen LogP contribution in [0.4, 0.5) is 11.4 Å². The molecule has 44 heavy (non-hydrogen) atoms. The minimum Gasteiger partial charge on any atom is -0.455 e. The van der Waals surface area contributed by atoms with Crippen molar-refractivity contribution in [1.82, 2.24) is 5.32 Å². The van der Waals surface area contributed by atoms with Crippen molar-refractivity contribution in [2.24, 2.45) is 0 Å². The van der Waals surface area contributed by atoms with Crippen molar-refractivity contribution in [2.45, 2.75) is 68.3 Å². The molecule has 0 aromatic heterocycles. The van der Waals surface area contributed by atoms with Gasteiger partial charge in [0, 0.05) is 18.7 Å². The summed E-state index contributed by atoms with van der Waals surface area (Å²) in [5.41, 5.74) is 0.335. The molecule has 3 fully saturated rings. The Balaban J connectivity index is 1.33. The lowest BCUT2D eigenvalue weighted by Gasteiger charge is -2.44. The first-order valence-corrected chi connectivity index (χ1v) is 15.4. The van der Waals surface area contributed by atoms with Crippen LogP contribution in [0, 0.1) is 0 Å². The highest BCUT2D eigenvalue weighted by Gasteiger charge is 2.61. The Bertz CT molecular complexity index is 1460. The number of hydrogen-bond donors (Lipinski definition) is 7.